The van der Waals surface area contributed by atoms with Crippen molar-refractivity contribution in [1.29, 1.82) is 0 Å². The van der Waals surface area contributed by atoms with Crippen molar-refractivity contribution in [3.05, 3.63) is 80.0 Å². The van der Waals surface area contributed by atoms with Crippen LogP contribution in [0.25, 0.3) is 27.5 Å². The largest absolute Gasteiger partial charge is 0.465 e. The van der Waals surface area contributed by atoms with Gasteiger partial charge in [-0.25, -0.2) is 9.18 Å². The van der Waals surface area contributed by atoms with Gasteiger partial charge in [-0.15, -0.1) is 0 Å². The van der Waals surface area contributed by atoms with Gasteiger partial charge in [0.2, 0.25) is 0 Å². The number of benzene rings is 2. The van der Waals surface area contributed by atoms with Crippen molar-refractivity contribution in [2.75, 3.05) is 19.8 Å². The van der Waals surface area contributed by atoms with Crippen LogP contribution in [0.5, 0.6) is 0 Å². The van der Waals surface area contributed by atoms with E-state index in [9.17, 15) is 28.9 Å². The molecular formula is C31H33FN4O7. The van der Waals surface area contributed by atoms with Crippen molar-refractivity contribution < 1.29 is 28.4 Å². The quantitative estimate of drug-likeness (QED) is 0.147. The number of hydrogen-bond donors (Lipinski definition) is 1. The normalized spacial score (nSPS) is 14.0. The number of nitrogens with zero attached hydrogens (tertiary/aromatic N) is 3. The molecule has 2 aromatic heterocycles. The summed E-state index contributed by atoms with van der Waals surface area (Å²) in [6.45, 7) is 4.20. The summed E-state index contributed by atoms with van der Waals surface area (Å²) in [5.41, 5.74) is 0.501. The number of esters is 2. The van der Waals surface area contributed by atoms with Gasteiger partial charge in [-0.05, 0) is 62.6 Å². The predicted molar refractivity (Wildman–Crippen MR) is 158 cm³/mol. The maximum Gasteiger partial charge on any atom is 0.338 e. The van der Waals surface area contributed by atoms with E-state index in [1.807, 2.05) is 4.90 Å². The zero-order valence-corrected chi connectivity index (χ0v) is 24.1. The van der Waals surface area contributed by atoms with Crippen LogP contribution in [-0.2, 0) is 20.8 Å². The lowest BCUT2D eigenvalue weighted by molar-refractivity contribution is -0.383. The third-order valence-electron chi connectivity index (χ3n) is 7.86. The number of carbonyl (C=O) groups is 2. The topological polar surface area (TPSA) is 137 Å². The number of ether oxygens (including phenoxy) is 2. The molecule has 0 saturated heterocycles. The maximum absolute atomic E-state index is 14.3. The number of nitrogens with one attached hydrogen (secondary N) is 1. The van der Waals surface area contributed by atoms with E-state index < -0.39 is 28.0 Å². The second kappa shape index (κ2) is 12.7. The van der Waals surface area contributed by atoms with Crippen LogP contribution in [0.1, 0.15) is 61.9 Å². The van der Waals surface area contributed by atoms with Crippen LogP contribution in [0.4, 0.5) is 10.1 Å². The summed E-state index contributed by atoms with van der Waals surface area (Å²) < 4.78 is 26.1. The average molecular weight is 593 g/mol. The molecule has 0 radical (unpaired) electrons. The van der Waals surface area contributed by atoms with Gasteiger partial charge in [0.05, 0.1) is 42.0 Å². The predicted octanol–water partition coefficient (Wildman–Crippen LogP) is 5.39. The molecule has 4 aromatic rings. The molecule has 0 aliphatic heterocycles. The molecule has 0 amide bonds. The monoisotopic (exact) mass is 592 g/mol. The van der Waals surface area contributed by atoms with Crippen LogP contribution >= 0.6 is 0 Å². The summed E-state index contributed by atoms with van der Waals surface area (Å²) >= 11 is 0. The third kappa shape index (κ3) is 6.14. The smallest absolute Gasteiger partial charge is 0.338 e. The number of hydrogen-bond acceptors (Lipinski definition) is 8. The van der Waals surface area contributed by atoms with Gasteiger partial charge >= 0.3 is 11.9 Å². The van der Waals surface area contributed by atoms with E-state index >= 15 is 0 Å². The van der Waals surface area contributed by atoms with E-state index in [0.717, 1.165) is 44.2 Å². The van der Waals surface area contributed by atoms with Crippen molar-refractivity contribution in [2.45, 2.75) is 58.5 Å². The molecule has 1 N–H and O–H groups in total. The Hall–Kier alpha value is -4.58. The van der Waals surface area contributed by atoms with Gasteiger partial charge in [0.25, 0.3) is 11.2 Å². The fourth-order valence-corrected chi connectivity index (χ4v) is 5.92. The van der Waals surface area contributed by atoms with Gasteiger partial charge in [0, 0.05) is 29.6 Å². The average Bonchev–Trinajstić information content (AvgIpc) is 3.36. The molecule has 0 spiro atoms. The first kappa shape index (κ1) is 29.9. The van der Waals surface area contributed by atoms with Crippen molar-refractivity contribution in [3.63, 3.8) is 0 Å². The standard InChI is InChI=1S/C31H33FN4O7/c1-3-42-27(37)18-34(22-8-6-5-7-9-22)17-20-14-19(31(39)43-4-2)10-11-25(20)35-13-12-23-24-15-21(32)16-26(36(40)41)28(24)33-29(23)30(35)38/h10-16,22,33H,3-9,17-18H2,1-2H3. The number of aromatic amines is 1. The molecule has 2 aromatic carbocycles. The van der Waals surface area contributed by atoms with Gasteiger partial charge in [-0.3, -0.25) is 29.2 Å². The minimum absolute atomic E-state index is 0.0482. The lowest BCUT2D eigenvalue weighted by Crippen LogP contribution is -2.40. The fraction of sp³-hybridized carbons (Fsp3) is 0.387. The van der Waals surface area contributed by atoms with E-state index in [4.69, 9.17) is 9.47 Å². The molecule has 0 atom stereocenters. The minimum atomic E-state index is -0.787. The molecule has 1 aliphatic rings. The Balaban J connectivity index is 1.65. The first-order chi connectivity index (χ1) is 20.7. The second-order valence-electron chi connectivity index (χ2n) is 10.6. The highest BCUT2D eigenvalue weighted by Gasteiger charge is 2.26. The molecule has 1 fully saturated rings. The van der Waals surface area contributed by atoms with Gasteiger partial charge in [0.1, 0.15) is 16.9 Å². The van der Waals surface area contributed by atoms with Gasteiger partial charge in [0.15, 0.2) is 0 Å². The highest BCUT2D eigenvalue weighted by Crippen LogP contribution is 2.32. The molecule has 1 aliphatic carbocycles. The molecule has 1 saturated carbocycles. The molecule has 0 bridgehead atoms. The van der Waals surface area contributed by atoms with E-state index in [1.165, 1.54) is 10.8 Å². The highest BCUT2D eigenvalue weighted by atomic mass is 19.1. The van der Waals surface area contributed by atoms with E-state index in [-0.39, 0.29) is 54.7 Å². The van der Waals surface area contributed by atoms with Gasteiger partial charge < -0.3 is 14.5 Å². The molecule has 2 heterocycles. The fourth-order valence-electron chi connectivity index (χ4n) is 5.92. The lowest BCUT2D eigenvalue weighted by Gasteiger charge is -2.34. The molecule has 11 nitrogen and oxygen atoms in total. The molecule has 0 unspecified atom stereocenters. The summed E-state index contributed by atoms with van der Waals surface area (Å²) in [5.74, 6) is -1.66. The van der Waals surface area contributed by atoms with Crippen LogP contribution < -0.4 is 5.56 Å². The highest BCUT2D eigenvalue weighted by molar-refractivity contribution is 6.09. The van der Waals surface area contributed by atoms with Crippen LogP contribution in [0.3, 0.4) is 0 Å². The zero-order chi connectivity index (χ0) is 30.7. The van der Waals surface area contributed by atoms with Crippen LogP contribution in [0, 0.1) is 15.9 Å². The van der Waals surface area contributed by atoms with Crippen molar-refractivity contribution in [1.82, 2.24) is 14.5 Å². The number of pyridine rings is 1. The van der Waals surface area contributed by atoms with E-state index in [1.54, 1.807) is 38.1 Å². The number of rotatable bonds is 10. The summed E-state index contributed by atoms with van der Waals surface area (Å²) in [6, 6.07) is 8.54. The van der Waals surface area contributed by atoms with Crippen LogP contribution in [-0.4, -0.2) is 57.1 Å². The number of carbonyl (C=O) groups excluding carboxylic acids is 2. The molecule has 226 valence electrons. The SMILES string of the molecule is CCOC(=O)CN(Cc1cc(C(=O)OCC)ccc1-n1ccc2c([nH]c3c([N+](=O)[O-])cc(F)cc32)c1=O)C1CCCCC1. The lowest BCUT2D eigenvalue weighted by atomic mass is 9.93. The Labute approximate surface area is 246 Å². The van der Waals surface area contributed by atoms with E-state index in [2.05, 4.69) is 4.98 Å². The summed E-state index contributed by atoms with van der Waals surface area (Å²) in [7, 11) is 0. The second-order valence-corrected chi connectivity index (χ2v) is 10.6. The van der Waals surface area contributed by atoms with Crippen molar-refractivity contribution in [2.24, 2.45) is 0 Å². The maximum atomic E-state index is 14.3. The van der Waals surface area contributed by atoms with E-state index in [0.29, 0.717) is 22.2 Å². The van der Waals surface area contributed by atoms with Crippen LogP contribution in [0.2, 0.25) is 0 Å². The third-order valence-corrected chi connectivity index (χ3v) is 7.86. The number of aromatic nitrogens is 2. The molecule has 5 rings (SSSR count). The Kier molecular flexibility index (Phi) is 8.86. The Morgan fingerprint density at radius 3 is 2.49 bits per heavy atom. The van der Waals surface area contributed by atoms with Crippen molar-refractivity contribution >= 4 is 39.4 Å². The number of halogens is 1. The number of nitro groups is 1. The Morgan fingerprint density at radius 2 is 1.79 bits per heavy atom. The number of non-ortho nitro benzene ring substituents is 1. The summed E-state index contributed by atoms with van der Waals surface area (Å²) in [6.07, 6.45) is 6.51. The molecular weight excluding hydrogens is 559 g/mol. The van der Waals surface area contributed by atoms with Crippen molar-refractivity contribution in [3.8, 4) is 5.69 Å². The van der Waals surface area contributed by atoms with Gasteiger partial charge in [-0.2, -0.15) is 0 Å². The number of fused-ring (bicyclic) bond motifs is 3. The van der Waals surface area contributed by atoms with Gasteiger partial charge in [-0.1, -0.05) is 19.3 Å². The Morgan fingerprint density at radius 1 is 1.05 bits per heavy atom. The zero-order valence-electron chi connectivity index (χ0n) is 24.1. The van der Waals surface area contributed by atoms with Crippen LogP contribution in [0.15, 0.2) is 47.4 Å². The summed E-state index contributed by atoms with van der Waals surface area (Å²) in [5, 5.41) is 12.2. The number of H-pyrrole nitrogens is 1. The summed E-state index contributed by atoms with van der Waals surface area (Å²) in [4.78, 5) is 55.0. The first-order valence-electron chi connectivity index (χ1n) is 14.4. The molecule has 43 heavy (non-hydrogen) atoms. The first-order valence-corrected chi connectivity index (χ1v) is 14.4. The molecule has 12 heteroatoms. The Bertz CT molecular complexity index is 1760. The minimum Gasteiger partial charge on any atom is -0.465 e. The number of nitro benzene ring substituents is 1.